The SMILES string of the molecule is CCOc1cc(-c2ccc3c(c2)OCO3)cc(=Nc2cccc(OC)c2)c2c(C)oc(C)c12. The van der Waals surface area contributed by atoms with Crippen molar-refractivity contribution < 1.29 is 23.4 Å². The fourth-order valence-electron chi connectivity index (χ4n) is 4.18. The summed E-state index contributed by atoms with van der Waals surface area (Å²) in [6, 6.07) is 17.7. The largest absolute Gasteiger partial charge is 0.497 e. The number of methoxy groups -OCH3 is 1. The molecule has 1 aromatic heterocycles. The second kappa shape index (κ2) is 8.54. The van der Waals surface area contributed by atoms with Crippen LogP contribution in [0, 0.1) is 13.8 Å². The summed E-state index contributed by atoms with van der Waals surface area (Å²) in [5.74, 6) is 4.55. The zero-order valence-electron chi connectivity index (χ0n) is 19.1. The Bertz CT molecular complexity index is 1420. The van der Waals surface area contributed by atoms with Gasteiger partial charge >= 0.3 is 0 Å². The molecule has 3 aromatic carbocycles. The third-order valence-electron chi connectivity index (χ3n) is 5.65. The molecule has 0 radical (unpaired) electrons. The van der Waals surface area contributed by atoms with E-state index in [4.69, 9.17) is 28.4 Å². The molecule has 168 valence electrons. The van der Waals surface area contributed by atoms with Gasteiger partial charge in [-0.2, -0.15) is 0 Å². The van der Waals surface area contributed by atoms with Crippen LogP contribution in [0.4, 0.5) is 5.69 Å². The Kier molecular flexibility index (Phi) is 5.42. The van der Waals surface area contributed by atoms with Crippen molar-refractivity contribution in [2.45, 2.75) is 20.8 Å². The first-order valence-corrected chi connectivity index (χ1v) is 10.9. The molecule has 1 aliphatic rings. The Morgan fingerprint density at radius 3 is 2.52 bits per heavy atom. The van der Waals surface area contributed by atoms with Gasteiger partial charge in [-0.25, -0.2) is 4.99 Å². The zero-order valence-corrected chi connectivity index (χ0v) is 19.1. The molecule has 0 saturated carbocycles. The minimum Gasteiger partial charge on any atom is -0.497 e. The van der Waals surface area contributed by atoms with Crippen LogP contribution >= 0.6 is 0 Å². The van der Waals surface area contributed by atoms with Gasteiger partial charge in [0.1, 0.15) is 23.0 Å². The van der Waals surface area contributed by atoms with E-state index in [9.17, 15) is 0 Å². The number of nitrogens with zero attached hydrogens (tertiary/aromatic N) is 1. The highest BCUT2D eigenvalue weighted by molar-refractivity contribution is 5.93. The number of hydrogen-bond donors (Lipinski definition) is 0. The van der Waals surface area contributed by atoms with Gasteiger partial charge in [0.05, 0.1) is 35.5 Å². The van der Waals surface area contributed by atoms with Gasteiger partial charge < -0.3 is 23.4 Å². The fraction of sp³-hybridized carbons (Fsp3) is 0.222. The van der Waals surface area contributed by atoms with Crippen LogP contribution in [0.1, 0.15) is 18.4 Å². The molecule has 6 heteroatoms. The zero-order chi connectivity index (χ0) is 22.9. The van der Waals surface area contributed by atoms with Gasteiger partial charge in [-0.15, -0.1) is 0 Å². The number of furan rings is 1. The molecule has 0 N–H and O–H groups in total. The van der Waals surface area contributed by atoms with E-state index in [2.05, 4.69) is 6.07 Å². The number of benzene rings is 2. The number of aryl methyl sites for hydroxylation is 2. The standard InChI is InChI=1S/C27H25NO5/c1-5-30-25-13-19(18-9-10-23-24(12-18)32-15-31-23)11-22(26-16(2)33-17(3)27(25)26)28-20-7-6-8-21(14-20)29-4/h6-14H,5,15H2,1-4H3. The predicted molar refractivity (Wildman–Crippen MR) is 127 cm³/mol. The van der Waals surface area contributed by atoms with E-state index in [1.54, 1.807) is 7.11 Å². The number of rotatable bonds is 5. The highest BCUT2D eigenvalue weighted by Crippen LogP contribution is 2.38. The third kappa shape index (κ3) is 3.89. The third-order valence-corrected chi connectivity index (χ3v) is 5.65. The molecule has 0 spiro atoms. The van der Waals surface area contributed by atoms with E-state index in [0.717, 1.165) is 67.5 Å². The second-order valence-corrected chi connectivity index (χ2v) is 7.77. The van der Waals surface area contributed by atoms with E-state index in [1.807, 2.05) is 69.3 Å². The summed E-state index contributed by atoms with van der Waals surface area (Å²) >= 11 is 0. The van der Waals surface area contributed by atoms with Crippen LogP contribution in [-0.2, 0) is 0 Å². The van der Waals surface area contributed by atoms with Gasteiger partial charge in [-0.1, -0.05) is 12.1 Å². The van der Waals surface area contributed by atoms with Crippen molar-refractivity contribution in [3.63, 3.8) is 0 Å². The molecular weight excluding hydrogens is 418 g/mol. The molecule has 33 heavy (non-hydrogen) atoms. The summed E-state index contributed by atoms with van der Waals surface area (Å²) in [6.45, 7) is 6.65. The lowest BCUT2D eigenvalue weighted by Crippen LogP contribution is -2.00. The maximum absolute atomic E-state index is 6.09. The van der Waals surface area contributed by atoms with Crippen molar-refractivity contribution in [3.8, 4) is 34.1 Å². The summed E-state index contributed by atoms with van der Waals surface area (Å²) in [5.41, 5.74) is 2.72. The van der Waals surface area contributed by atoms with Gasteiger partial charge in [0.15, 0.2) is 11.5 Å². The summed E-state index contributed by atoms with van der Waals surface area (Å²) in [6.07, 6.45) is 0. The molecule has 6 nitrogen and oxygen atoms in total. The molecule has 0 amide bonds. The van der Waals surface area contributed by atoms with Crippen molar-refractivity contribution in [3.05, 3.63) is 71.5 Å². The van der Waals surface area contributed by atoms with Crippen LogP contribution in [0.3, 0.4) is 0 Å². The van der Waals surface area contributed by atoms with Crippen LogP contribution in [0.5, 0.6) is 23.0 Å². The maximum Gasteiger partial charge on any atom is 0.231 e. The molecule has 0 atom stereocenters. The lowest BCUT2D eigenvalue weighted by molar-refractivity contribution is 0.174. The quantitative estimate of drug-likeness (QED) is 0.374. The first kappa shape index (κ1) is 20.9. The Hall–Kier alpha value is -3.93. The average molecular weight is 443 g/mol. The summed E-state index contributed by atoms with van der Waals surface area (Å²) in [7, 11) is 1.65. The Balaban J connectivity index is 1.84. The summed E-state index contributed by atoms with van der Waals surface area (Å²) in [5, 5.41) is 2.62. The molecule has 0 fully saturated rings. The Morgan fingerprint density at radius 2 is 1.70 bits per heavy atom. The van der Waals surface area contributed by atoms with Gasteiger partial charge in [0.25, 0.3) is 0 Å². The average Bonchev–Trinajstić information content (AvgIpc) is 3.35. The van der Waals surface area contributed by atoms with Crippen LogP contribution in [0.2, 0.25) is 0 Å². The molecule has 2 heterocycles. The highest BCUT2D eigenvalue weighted by atomic mass is 16.7. The van der Waals surface area contributed by atoms with E-state index in [1.165, 1.54) is 0 Å². The van der Waals surface area contributed by atoms with E-state index >= 15 is 0 Å². The van der Waals surface area contributed by atoms with Crippen LogP contribution in [0.25, 0.3) is 21.9 Å². The van der Waals surface area contributed by atoms with Crippen molar-refractivity contribution in [1.29, 1.82) is 0 Å². The van der Waals surface area contributed by atoms with Crippen molar-refractivity contribution in [1.82, 2.24) is 0 Å². The van der Waals surface area contributed by atoms with Crippen LogP contribution in [0.15, 0.2) is 64.0 Å². The van der Waals surface area contributed by atoms with Gasteiger partial charge in [-0.3, -0.25) is 0 Å². The molecular formula is C27H25NO5. The van der Waals surface area contributed by atoms with Crippen molar-refractivity contribution in [2.24, 2.45) is 4.99 Å². The van der Waals surface area contributed by atoms with E-state index in [0.29, 0.717) is 6.61 Å². The van der Waals surface area contributed by atoms with E-state index in [-0.39, 0.29) is 6.79 Å². The van der Waals surface area contributed by atoms with Gasteiger partial charge in [0, 0.05) is 6.07 Å². The van der Waals surface area contributed by atoms with Gasteiger partial charge in [-0.05, 0) is 68.3 Å². The first-order chi connectivity index (χ1) is 16.1. The molecule has 1 aliphatic heterocycles. The lowest BCUT2D eigenvalue weighted by Gasteiger charge is -2.05. The van der Waals surface area contributed by atoms with E-state index < -0.39 is 0 Å². The first-order valence-electron chi connectivity index (χ1n) is 10.9. The summed E-state index contributed by atoms with van der Waals surface area (Å²) in [4.78, 5) is 5.00. The molecule has 0 unspecified atom stereocenters. The fourth-order valence-corrected chi connectivity index (χ4v) is 4.18. The highest BCUT2D eigenvalue weighted by Gasteiger charge is 2.18. The smallest absolute Gasteiger partial charge is 0.231 e. The van der Waals surface area contributed by atoms with Gasteiger partial charge in [0.2, 0.25) is 6.79 Å². The number of ether oxygens (including phenoxy) is 4. The molecule has 5 rings (SSSR count). The molecule has 0 saturated heterocycles. The molecule has 4 aromatic rings. The Morgan fingerprint density at radius 1 is 0.879 bits per heavy atom. The molecule has 0 aliphatic carbocycles. The van der Waals surface area contributed by atoms with Crippen LogP contribution in [-0.4, -0.2) is 20.5 Å². The second-order valence-electron chi connectivity index (χ2n) is 7.77. The number of fused-ring (bicyclic) bond motifs is 2. The molecule has 0 bridgehead atoms. The predicted octanol–water partition coefficient (Wildman–Crippen LogP) is 6.09. The normalized spacial score (nSPS) is 12.9. The van der Waals surface area contributed by atoms with Crippen LogP contribution < -0.4 is 24.3 Å². The minimum absolute atomic E-state index is 0.232. The minimum atomic E-state index is 0.232. The monoisotopic (exact) mass is 443 g/mol. The topological polar surface area (TPSA) is 62.4 Å². The maximum atomic E-state index is 6.09. The number of hydrogen-bond acceptors (Lipinski definition) is 6. The summed E-state index contributed by atoms with van der Waals surface area (Å²) < 4.78 is 28.6. The van der Waals surface area contributed by atoms with Crippen molar-refractivity contribution in [2.75, 3.05) is 20.5 Å². The lowest BCUT2D eigenvalue weighted by atomic mass is 10.1. The van der Waals surface area contributed by atoms with Crippen molar-refractivity contribution >= 4 is 16.5 Å². The Labute approximate surface area is 192 Å².